The average molecular weight is 587 g/mol. The number of carbonyl (C=O) groups excluding carboxylic acids is 3. The quantitative estimate of drug-likeness (QED) is 0.313. The summed E-state index contributed by atoms with van der Waals surface area (Å²) >= 11 is 0. The maximum Gasteiger partial charge on any atom is 0.303 e. The van der Waals surface area contributed by atoms with Gasteiger partial charge in [-0.1, -0.05) is 26.3 Å². The van der Waals surface area contributed by atoms with E-state index in [4.69, 9.17) is 28.1 Å². The zero-order valence-electron chi connectivity index (χ0n) is 25.4. The van der Waals surface area contributed by atoms with E-state index in [0.717, 1.165) is 16.7 Å². The second kappa shape index (κ2) is 9.92. The van der Waals surface area contributed by atoms with E-state index in [9.17, 15) is 19.5 Å². The van der Waals surface area contributed by atoms with Crippen molar-refractivity contribution in [2.24, 2.45) is 28.1 Å². The van der Waals surface area contributed by atoms with Crippen LogP contribution in [0.3, 0.4) is 0 Å². The third-order valence-corrected chi connectivity index (χ3v) is 11.4. The Bertz CT molecular complexity index is 1300. The van der Waals surface area contributed by atoms with Crippen LogP contribution in [0.4, 0.5) is 0 Å². The molecule has 0 unspecified atom stereocenters. The Morgan fingerprint density at radius 1 is 0.952 bits per heavy atom. The summed E-state index contributed by atoms with van der Waals surface area (Å²) in [4.78, 5) is 37.6. The molecule has 5 aliphatic rings. The second-order valence-electron chi connectivity index (χ2n) is 13.7. The molecule has 0 bridgehead atoms. The van der Waals surface area contributed by atoms with Gasteiger partial charge in [-0.3, -0.25) is 14.4 Å². The van der Waals surface area contributed by atoms with Crippen molar-refractivity contribution in [1.82, 2.24) is 0 Å². The van der Waals surface area contributed by atoms with Gasteiger partial charge in [0.1, 0.15) is 18.3 Å². The smallest absolute Gasteiger partial charge is 0.303 e. The van der Waals surface area contributed by atoms with Crippen LogP contribution in [0.1, 0.15) is 79.2 Å². The number of aliphatic hydroxyl groups is 1. The monoisotopic (exact) mass is 586 g/mol. The van der Waals surface area contributed by atoms with Gasteiger partial charge in [-0.05, 0) is 36.5 Å². The Balaban J connectivity index is 1.59. The number of carbonyl (C=O) groups is 3. The normalized spacial score (nSPS) is 45.8. The number of ether oxygens (including phenoxy) is 5. The molecule has 1 N–H and O–H groups in total. The van der Waals surface area contributed by atoms with Crippen LogP contribution in [0.25, 0.3) is 0 Å². The molecule has 10 nitrogen and oxygen atoms in total. The van der Waals surface area contributed by atoms with Crippen LogP contribution < -0.4 is 0 Å². The molecule has 3 aliphatic carbocycles. The molecule has 10 heteroatoms. The van der Waals surface area contributed by atoms with Crippen molar-refractivity contribution in [2.45, 2.75) is 110 Å². The SMILES string of the molecule is CC(=O)O[C@@H]1[C@@H]2OC[C@]3(C)[C@H](OC(C)=O)C[C@H](OC(C)=O)[C@@](C)([C@@H]23)[C@H]2C[C@@H](O)O[C@H]3C[C@H](c4ccoc4)C(C)=C3[C@]12C. The number of hydrogen-bond acceptors (Lipinski definition) is 10. The lowest BCUT2D eigenvalue weighted by molar-refractivity contribution is -0.262. The van der Waals surface area contributed by atoms with Gasteiger partial charge < -0.3 is 33.2 Å². The molecule has 6 rings (SSSR count). The van der Waals surface area contributed by atoms with Crippen molar-refractivity contribution in [3.05, 3.63) is 35.3 Å². The summed E-state index contributed by atoms with van der Waals surface area (Å²) in [6, 6.07) is 1.94. The summed E-state index contributed by atoms with van der Waals surface area (Å²) in [7, 11) is 0. The first-order valence-corrected chi connectivity index (χ1v) is 14.9. The number of rotatable bonds is 4. The molecule has 1 aromatic heterocycles. The Morgan fingerprint density at radius 2 is 1.62 bits per heavy atom. The Kier molecular flexibility index (Phi) is 6.94. The minimum absolute atomic E-state index is 0.00577. The maximum absolute atomic E-state index is 12.8. The van der Waals surface area contributed by atoms with Gasteiger partial charge >= 0.3 is 17.9 Å². The molecule has 0 radical (unpaired) electrons. The molecule has 4 fully saturated rings. The lowest BCUT2D eigenvalue weighted by Crippen LogP contribution is -2.72. The van der Waals surface area contributed by atoms with Gasteiger partial charge in [0.15, 0.2) is 6.29 Å². The van der Waals surface area contributed by atoms with E-state index >= 15 is 0 Å². The summed E-state index contributed by atoms with van der Waals surface area (Å²) in [5, 5.41) is 11.4. The van der Waals surface area contributed by atoms with E-state index < -0.39 is 71.0 Å². The number of aliphatic hydroxyl groups excluding tert-OH is 1. The number of hydrogen-bond donors (Lipinski definition) is 1. The van der Waals surface area contributed by atoms with Crippen molar-refractivity contribution in [2.75, 3.05) is 6.61 Å². The lowest BCUT2D eigenvalue weighted by Gasteiger charge is -2.66. The van der Waals surface area contributed by atoms with Gasteiger partial charge in [-0.15, -0.1) is 0 Å². The topological polar surface area (TPSA) is 131 Å². The first kappa shape index (κ1) is 29.4. The van der Waals surface area contributed by atoms with Crippen LogP contribution in [0.2, 0.25) is 0 Å². The molecule has 12 atom stereocenters. The molecular formula is C32H42O10. The van der Waals surface area contributed by atoms with Crippen molar-refractivity contribution in [3.63, 3.8) is 0 Å². The van der Waals surface area contributed by atoms with Crippen molar-refractivity contribution >= 4 is 17.9 Å². The van der Waals surface area contributed by atoms with Crippen molar-refractivity contribution in [3.8, 4) is 0 Å². The fraction of sp³-hybridized carbons (Fsp3) is 0.719. The minimum atomic E-state index is -1.10. The lowest BCUT2D eigenvalue weighted by atomic mass is 9.39. The van der Waals surface area contributed by atoms with E-state index in [0.29, 0.717) is 12.8 Å². The third-order valence-electron chi connectivity index (χ3n) is 11.4. The standard InChI is InChI=1S/C32H42O10/c1-15-20(19-8-9-37-13-19)10-21-26(15)32(7)22(11-25(36)42-21)31(6)24(40-17(3)34)12-23(39-16(2)33)30(5)14-38-27(28(30)31)29(32)41-18(4)35/h8-9,13,20-25,27-29,36H,10-12,14H2,1-7H3/t20-,21-,22+,23+,24-,25-,27+,28-,29+,30+,31-,32+/m0/s1. The highest BCUT2D eigenvalue weighted by Crippen LogP contribution is 2.72. The van der Waals surface area contributed by atoms with Crippen LogP contribution in [-0.4, -0.2) is 66.4 Å². The van der Waals surface area contributed by atoms with Crippen LogP contribution in [0.15, 0.2) is 34.2 Å². The van der Waals surface area contributed by atoms with Crippen LogP contribution in [0, 0.1) is 28.1 Å². The number of esters is 3. The molecule has 1 aromatic rings. The molecule has 0 amide bonds. The van der Waals surface area contributed by atoms with E-state index in [1.54, 1.807) is 12.5 Å². The molecular weight excluding hydrogens is 544 g/mol. The van der Waals surface area contributed by atoms with Gasteiger partial charge in [-0.2, -0.15) is 0 Å². The summed E-state index contributed by atoms with van der Waals surface area (Å²) in [6.45, 7) is 12.8. The van der Waals surface area contributed by atoms with E-state index in [1.165, 1.54) is 20.8 Å². The number of allylic oxidation sites excluding steroid dienone is 1. The number of fused-ring (bicyclic) bond motifs is 4. The molecule has 230 valence electrons. The summed E-state index contributed by atoms with van der Waals surface area (Å²) in [5.74, 6) is -1.99. The minimum Gasteiger partial charge on any atom is -0.472 e. The predicted octanol–water partition coefficient (Wildman–Crippen LogP) is 4.05. The van der Waals surface area contributed by atoms with E-state index in [1.807, 2.05) is 13.0 Å². The van der Waals surface area contributed by atoms with Gasteiger partial charge in [0.25, 0.3) is 0 Å². The summed E-state index contributed by atoms with van der Waals surface area (Å²) < 4.78 is 36.7. The van der Waals surface area contributed by atoms with Gasteiger partial charge in [0.05, 0.1) is 31.3 Å². The van der Waals surface area contributed by atoms with Crippen LogP contribution >= 0.6 is 0 Å². The third kappa shape index (κ3) is 4.04. The van der Waals surface area contributed by atoms with Crippen LogP contribution in [-0.2, 0) is 38.1 Å². The first-order chi connectivity index (χ1) is 19.7. The van der Waals surface area contributed by atoms with Crippen molar-refractivity contribution in [1.29, 1.82) is 0 Å². The van der Waals surface area contributed by atoms with Crippen LogP contribution in [0.5, 0.6) is 0 Å². The first-order valence-electron chi connectivity index (χ1n) is 14.9. The van der Waals surface area contributed by atoms with Gasteiger partial charge in [0.2, 0.25) is 0 Å². The van der Waals surface area contributed by atoms with Crippen molar-refractivity contribution < 1.29 is 47.6 Å². The highest BCUT2D eigenvalue weighted by molar-refractivity contribution is 5.68. The highest BCUT2D eigenvalue weighted by Gasteiger charge is 2.77. The molecule has 2 aliphatic heterocycles. The predicted molar refractivity (Wildman–Crippen MR) is 147 cm³/mol. The zero-order chi connectivity index (χ0) is 30.4. The summed E-state index contributed by atoms with van der Waals surface area (Å²) in [5.41, 5.74) is 0.827. The fourth-order valence-electron chi connectivity index (χ4n) is 10.1. The maximum atomic E-state index is 12.8. The van der Waals surface area contributed by atoms with Gasteiger partial charge in [-0.25, -0.2) is 0 Å². The Morgan fingerprint density at radius 3 is 2.24 bits per heavy atom. The highest BCUT2D eigenvalue weighted by atomic mass is 16.6. The molecule has 2 saturated heterocycles. The van der Waals surface area contributed by atoms with Gasteiger partial charge in [0, 0.05) is 61.7 Å². The average Bonchev–Trinajstić information content (AvgIpc) is 3.59. The molecule has 2 saturated carbocycles. The molecule has 42 heavy (non-hydrogen) atoms. The number of furan rings is 1. The molecule has 0 aromatic carbocycles. The largest absolute Gasteiger partial charge is 0.472 e. The Labute approximate surface area is 246 Å². The Hall–Kier alpha value is -2.69. The molecule has 0 spiro atoms. The summed E-state index contributed by atoms with van der Waals surface area (Å²) in [6.07, 6.45) is 0.459. The van der Waals surface area contributed by atoms with E-state index in [2.05, 4.69) is 20.8 Å². The van der Waals surface area contributed by atoms with E-state index in [-0.39, 0.29) is 30.8 Å². The zero-order valence-corrected chi connectivity index (χ0v) is 25.4. The molecule has 3 heterocycles. The second-order valence-corrected chi connectivity index (χ2v) is 13.7. The fourth-order valence-corrected chi connectivity index (χ4v) is 10.1.